The lowest BCUT2D eigenvalue weighted by atomic mass is 10.3. The summed E-state index contributed by atoms with van der Waals surface area (Å²) in [6, 6.07) is 1.98. The van der Waals surface area contributed by atoms with Crippen LogP contribution in [0.1, 0.15) is 24.8 Å². The summed E-state index contributed by atoms with van der Waals surface area (Å²) >= 11 is 0. The molecule has 20 heavy (non-hydrogen) atoms. The number of aryl methyl sites for hydroxylation is 1. The molecule has 112 valence electrons. The second-order valence-corrected chi connectivity index (χ2v) is 5.34. The summed E-state index contributed by atoms with van der Waals surface area (Å²) in [6.45, 7) is 9.83. The molecule has 1 saturated heterocycles. The van der Waals surface area contributed by atoms with Crippen LogP contribution in [0, 0.1) is 6.92 Å². The molecule has 0 spiro atoms. The van der Waals surface area contributed by atoms with Crippen molar-refractivity contribution < 1.29 is 9.32 Å². The second kappa shape index (κ2) is 7.40. The van der Waals surface area contributed by atoms with E-state index in [1.165, 1.54) is 0 Å². The van der Waals surface area contributed by atoms with Crippen LogP contribution in [0.5, 0.6) is 0 Å². The zero-order valence-corrected chi connectivity index (χ0v) is 12.4. The number of aromatic nitrogens is 1. The molecule has 1 fully saturated rings. The van der Waals surface area contributed by atoms with Gasteiger partial charge in [-0.3, -0.25) is 14.6 Å². The molecule has 0 bridgehead atoms. The Morgan fingerprint density at radius 2 is 2.05 bits per heavy atom. The molecular weight excluding hydrogens is 256 g/mol. The lowest BCUT2D eigenvalue weighted by Gasteiger charge is -2.33. The van der Waals surface area contributed by atoms with E-state index in [1.54, 1.807) is 0 Å². The standard InChI is InChI=1S/C14H24N4O2/c1-3-4-15-14(19)11-18-7-5-17(6-8-18)10-13-9-12(2)16-20-13/h9H,3-8,10-11H2,1-2H3,(H,15,19). The summed E-state index contributed by atoms with van der Waals surface area (Å²) < 4.78 is 5.23. The van der Waals surface area contributed by atoms with Crippen molar-refractivity contribution in [3.05, 3.63) is 17.5 Å². The van der Waals surface area contributed by atoms with Gasteiger partial charge in [-0.1, -0.05) is 12.1 Å². The molecule has 6 heteroatoms. The lowest BCUT2D eigenvalue weighted by molar-refractivity contribution is -0.122. The first kappa shape index (κ1) is 15.0. The Morgan fingerprint density at radius 1 is 1.35 bits per heavy atom. The molecule has 1 aromatic heterocycles. The highest BCUT2D eigenvalue weighted by atomic mass is 16.5. The minimum Gasteiger partial charge on any atom is -0.360 e. The predicted octanol–water partition coefficient (Wildman–Crippen LogP) is 0.627. The van der Waals surface area contributed by atoms with E-state index in [4.69, 9.17) is 4.52 Å². The van der Waals surface area contributed by atoms with Crippen molar-refractivity contribution in [2.75, 3.05) is 39.3 Å². The molecule has 0 aliphatic carbocycles. The molecule has 0 saturated carbocycles. The van der Waals surface area contributed by atoms with Crippen molar-refractivity contribution in [3.8, 4) is 0 Å². The topological polar surface area (TPSA) is 61.6 Å². The van der Waals surface area contributed by atoms with Crippen LogP contribution in [0.3, 0.4) is 0 Å². The first-order valence-electron chi connectivity index (χ1n) is 7.31. The van der Waals surface area contributed by atoms with Gasteiger partial charge in [-0.05, 0) is 13.3 Å². The maximum Gasteiger partial charge on any atom is 0.234 e. The van der Waals surface area contributed by atoms with Gasteiger partial charge in [0.1, 0.15) is 0 Å². The largest absolute Gasteiger partial charge is 0.360 e. The third kappa shape index (κ3) is 4.61. The number of carbonyl (C=O) groups excluding carboxylic acids is 1. The number of hydrogen-bond donors (Lipinski definition) is 1. The van der Waals surface area contributed by atoms with Gasteiger partial charge in [0.05, 0.1) is 18.8 Å². The second-order valence-electron chi connectivity index (χ2n) is 5.34. The quantitative estimate of drug-likeness (QED) is 0.828. The fourth-order valence-corrected chi connectivity index (χ4v) is 2.34. The van der Waals surface area contributed by atoms with Crippen LogP contribution in [0.2, 0.25) is 0 Å². The maximum atomic E-state index is 11.7. The smallest absolute Gasteiger partial charge is 0.234 e. The number of nitrogens with one attached hydrogen (secondary N) is 1. The molecule has 0 aromatic carbocycles. The van der Waals surface area contributed by atoms with Crippen molar-refractivity contribution in [3.63, 3.8) is 0 Å². The minimum atomic E-state index is 0.131. The van der Waals surface area contributed by atoms with Crippen molar-refractivity contribution in [2.45, 2.75) is 26.8 Å². The normalized spacial score (nSPS) is 17.3. The van der Waals surface area contributed by atoms with Crippen LogP contribution in [0.25, 0.3) is 0 Å². The van der Waals surface area contributed by atoms with Gasteiger partial charge in [0.2, 0.25) is 5.91 Å². The van der Waals surface area contributed by atoms with Crippen molar-refractivity contribution in [2.24, 2.45) is 0 Å². The Labute approximate surface area is 120 Å². The Hall–Kier alpha value is -1.40. The van der Waals surface area contributed by atoms with Gasteiger partial charge in [0, 0.05) is 38.8 Å². The summed E-state index contributed by atoms with van der Waals surface area (Å²) in [7, 11) is 0. The van der Waals surface area contributed by atoms with Gasteiger partial charge < -0.3 is 9.84 Å². The molecule has 2 heterocycles. The number of amides is 1. The monoisotopic (exact) mass is 280 g/mol. The fraction of sp³-hybridized carbons (Fsp3) is 0.714. The average Bonchev–Trinajstić information content (AvgIpc) is 2.84. The molecular formula is C14H24N4O2. The van der Waals surface area contributed by atoms with Crippen LogP contribution in [-0.4, -0.2) is 60.1 Å². The van der Waals surface area contributed by atoms with Crippen LogP contribution < -0.4 is 5.32 Å². The van der Waals surface area contributed by atoms with Gasteiger partial charge >= 0.3 is 0 Å². The third-order valence-electron chi connectivity index (χ3n) is 3.46. The van der Waals surface area contributed by atoms with E-state index in [9.17, 15) is 4.79 Å². The van der Waals surface area contributed by atoms with E-state index in [0.717, 1.165) is 57.1 Å². The van der Waals surface area contributed by atoms with E-state index < -0.39 is 0 Å². The van der Waals surface area contributed by atoms with E-state index >= 15 is 0 Å². The SMILES string of the molecule is CCCNC(=O)CN1CCN(Cc2cc(C)no2)CC1. The highest BCUT2D eigenvalue weighted by Gasteiger charge is 2.19. The summed E-state index contributed by atoms with van der Waals surface area (Å²) in [5.41, 5.74) is 0.922. The van der Waals surface area contributed by atoms with Crippen LogP contribution in [0.4, 0.5) is 0 Å². The van der Waals surface area contributed by atoms with E-state index in [2.05, 4.69) is 27.2 Å². The Kier molecular flexibility index (Phi) is 5.55. The average molecular weight is 280 g/mol. The Morgan fingerprint density at radius 3 is 2.65 bits per heavy atom. The molecule has 1 aliphatic rings. The van der Waals surface area contributed by atoms with E-state index in [1.807, 2.05) is 13.0 Å². The zero-order valence-electron chi connectivity index (χ0n) is 12.4. The first-order chi connectivity index (χ1) is 9.67. The number of piperazine rings is 1. The summed E-state index contributed by atoms with van der Waals surface area (Å²) in [6.07, 6.45) is 0.982. The molecule has 0 radical (unpaired) electrons. The molecule has 1 N–H and O–H groups in total. The van der Waals surface area contributed by atoms with Gasteiger partial charge in [-0.15, -0.1) is 0 Å². The Bertz CT molecular complexity index is 425. The summed E-state index contributed by atoms with van der Waals surface area (Å²) in [4.78, 5) is 16.2. The predicted molar refractivity (Wildman–Crippen MR) is 76.3 cm³/mol. The van der Waals surface area contributed by atoms with E-state index in [-0.39, 0.29) is 5.91 Å². The van der Waals surface area contributed by atoms with Crippen molar-refractivity contribution in [1.82, 2.24) is 20.3 Å². The fourth-order valence-electron chi connectivity index (χ4n) is 2.34. The Balaban J connectivity index is 1.68. The number of carbonyl (C=O) groups is 1. The zero-order chi connectivity index (χ0) is 14.4. The highest BCUT2D eigenvalue weighted by Crippen LogP contribution is 2.09. The van der Waals surface area contributed by atoms with Gasteiger partial charge in [0.25, 0.3) is 0 Å². The number of hydrogen-bond acceptors (Lipinski definition) is 5. The van der Waals surface area contributed by atoms with E-state index in [0.29, 0.717) is 6.54 Å². The van der Waals surface area contributed by atoms with Crippen LogP contribution >= 0.6 is 0 Å². The van der Waals surface area contributed by atoms with Crippen molar-refractivity contribution >= 4 is 5.91 Å². The maximum absolute atomic E-state index is 11.7. The first-order valence-corrected chi connectivity index (χ1v) is 7.31. The van der Waals surface area contributed by atoms with Crippen LogP contribution in [0.15, 0.2) is 10.6 Å². The summed E-state index contributed by atoms with van der Waals surface area (Å²) in [5.74, 6) is 1.04. The van der Waals surface area contributed by atoms with Gasteiger partial charge in [0.15, 0.2) is 5.76 Å². The van der Waals surface area contributed by atoms with Crippen molar-refractivity contribution in [1.29, 1.82) is 0 Å². The van der Waals surface area contributed by atoms with Crippen LogP contribution in [-0.2, 0) is 11.3 Å². The summed E-state index contributed by atoms with van der Waals surface area (Å²) in [5, 5.41) is 6.82. The number of rotatable bonds is 6. The third-order valence-corrected chi connectivity index (χ3v) is 3.46. The highest BCUT2D eigenvalue weighted by molar-refractivity contribution is 5.77. The molecule has 1 aromatic rings. The molecule has 1 aliphatic heterocycles. The molecule has 0 atom stereocenters. The molecule has 1 amide bonds. The lowest BCUT2D eigenvalue weighted by Crippen LogP contribution is -2.49. The molecule has 2 rings (SSSR count). The number of nitrogens with zero attached hydrogens (tertiary/aromatic N) is 3. The van der Waals surface area contributed by atoms with Gasteiger partial charge in [-0.2, -0.15) is 0 Å². The minimum absolute atomic E-state index is 0.131. The molecule has 6 nitrogen and oxygen atoms in total. The molecule has 0 unspecified atom stereocenters. The van der Waals surface area contributed by atoms with Gasteiger partial charge in [-0.25, -0.2) is 0 Å².